The fourth-order valence-electron chi connectivity index (χ4n) is 4.29. The molecule has 0 saturated carbocycles. The van der Waals surface area contributed by atoms with Crippen molar-refractivity contribution < 1.29 is 22.7 Å². The van der Waals surface area contributed by atoms with Crippen LogP contribution in [0.3, 0.4) is 0 Å². The van der Waals surface area contributed by atoms with Gasteiger partial charge in [0.2, 0.25) is 0 Å². The van der Waals surface area contributed by atoms with Crippen molar-refractivity contribution in [1.29, 1.82) is 0 Å². The van der Waals surface area contributed by atoms with Gasteiger partial charge in [-0.15, -0.1) is 0 Å². The fraction of sp³-hybridized carbons (Fsp3) is 0.538. The third-order valence-corrected chi connectivity index (χ3v) is 11.7. The molecule has 1 fully saturated rings. The van der Waals surface area contributed by atoms with E-state index in [1.807, 2.05) is 57.2 Å². The van der Waals surface area contributed by atoms with Crippen LogP contribution >= 0.6 is 0 Å². The number of pyridine rings is 1. The average Bonchev–Trinajstić information content (AvgIpc) is 2.75. The Morgan fingerprint density at radius 2 is 1.80 bits per heavy atom. The van der Waals surface area contributed by atoms with Crippen LogP contribution in [0, 0.1) is 0 Å². The number of carbonyl (C=O) groups excluding carboxylic acids is 1. The Morgan fingerprint density at radius 3 is 2.37 bits per heavy atom. The van der Waals surface area contributed by atoms with E-state index >= 15 is 0 Å². The van der Waals surface area contributed by atoms with Gasteiger partial charge in [0.1, 0.15) is 0 Å². The van der Waals surface area contributed by atoms with E-state index in [-0.39, 0.29) is 24.7 Å². The molecule has 2 atom stereocenters. The summed E-state index contributed by atoms with van der Waals surface area (Å²) in [7, 11) is 0. The van der Waals surface area contributed by atoms with E-state index in [0.29, 0.717) is 12.2 Å². The molecule has 5 nitrogen and oxygen atoms in total. The Morgan fingerprint density at radius 1 is 1.14 bits per heavy atom. The first-order valence-electron chi connectivity index (χ1n) is 12.0. The van der Waals surface area contributed by atoms with Crippen LogP contribution < -0.4 is 8.90 Å². The topological polar surface area (TPSA) is 54.5 Å². The Labute approximate surface area is 210 Å². The predicted octanol–water partition coefficient (Wildman–Crippen LogP) is 5.88. The zero-order valence-corrected chi connectivity index (χ0v) is 24.2. The number of benzene rings is 1. The quantitative estimate of drug-likeness (QED) is 0.438. The van der Waals surface area contributed by atoms with E-state index in [0.717, 1.165) is 22.0 Å². The molecule has 0 spiro atoms. The van der Waals surface area contributed by atoms with Crippen molar-refractivity contribution in [2.45, 2.75) is 78.8 Å². The molecule has 1 aliphatic heterocycles. The number of aromatic nitrogens is 1. The van der Waals surface area contributed by atoms with E-state index in [4.69, 9.17) is 4.74 Å². The maximum atomic E-state index is 13.6. The predicted molar refractivity (Wildman–Crippen MR) is 134 cm³/mol. The van der Waals surface area contributed by atoms with Crippen molar-refractivity contribution in [1.82, 2.24) is 15.2 Å². The molecular weight excluding hydrogens is 562 g/mol. The standard InChI is InChI=1S/C23H27F3N3O2.3CH3.Sn/c1-22(2,3)31-21(30)29-14-8-12-18(20(29)16-9-5-4-6-10-16)27-15-17-11-7-13-19(28-17)23(24,25)26;;;;/h4-6,9-11,13,18,20,27H,8,12,14-15H2,1-3H3;3*1H3;/t18-,20-;;;;/m0..../s1. The second-order valence-electron chi connectivity index (χ2n) is 11.1. The van der Waals surface area contributed by atoms with Gasteiger partial charge >= 0.3 is 211 Å². The molecule has 35 heavy (non-hydrogen) atoms. The summed E-state index contributed by atoms with van der Waals surface area (Å²) >= 11 is -2.78. The summed E-state index contributed by atoms with van der Waals surface area (Å²) < 4.78 is 47.2. The molecule has 2 aromatic rings. The van der Waals surface area contributed by atoms with Gasteiger partial charge in [-0.05, 0) is 0 Å². The van der Waals surface area contributed by atoms with Gasteiger partial charge in [-0.25, -0.2) is 0 Å². The van der Waals surface area contributed by atoms with Gasteiger partial charge in [0.15, 0.2) is 0 Å². The molecule has 192 valence electrons. The number of halogens is 3. The Balaban J connectivity index is 1.90. The molecule has 0 bridgehead atoms. The van der Waals surface area contributed by atoms with Gasteiger partial charge in [0.25, 0.3) is 0 Å². The van der Waals surface area contributed by atoms with Gasteiger partial charge in [0, 0.05) is 0 Å². The summed E-state index contributed by atoms with van der Waals surface area (Å²) in [6.45, 7) is 6.24. The Bertz CT molecular complexity index is 985. The van der Waals surface area contributed by atoms with Crippen molar-refractivity contribution >= 4 is 28.0 Å². The zero-order chi connectivity index (χ0) is 26.0. The normalized spacial score (nSPS) is 19.5. The molecule has 0 unspecified atom stereocenters. The number of hydrogen-bond acceptors (Lipinski definition) is 4. The minimum atomic E-state index is -4.49. The molecular formula is C26H36F3N3O2Sn. The molecule has 9 heteroatoms. The fourth-order valence-corrected chi connectivity index (χ4v) is 7.63. The van der Waals surface area contributed by atoms with Crippen molar-refractivity contribution in [3.63, 3.8) is 0 Å². The summed E-state index contributed by atoms with van der Waals surface area (Å²) in [6.07, 6.45) is -3.34. The van der Waals surface area contributed by atoms with E-state index in [9.17, 15) is 18.0 Å². The van der Waals surface area contributed by atoms with Gasteiger partial charge < -0.3 is 0 Å². The number of ether oxygens (including phenoxy) is 1. The van der Waals surface area contributed by atoms with Crippen molar-refractivity contribution in [3.8, 4) is 0 Å². The molecule has 3 rings (SSSR count). The monoisotopic (exact) mass is 599 g/mol. The van der Waals surface area contributed by atoms with Crippen LogP contribution in [0.2, 0.25) is 14.8 Å². The first-order valence-corrected chi connectivity index (χ1v) is 22.0. The summed E-state index contributed by atoms with van der Waals surface area (Å²) in [6, 6.07) is 12.3. The summed E-state index contributed by atoms with van der Waals surface area (Å²) in [5.41, 5.74) is -0.130. The third kappa shape index (κ3) is 7.59. The van der Waals surface area contributed by atoms with Crippen LogP contribution in [-0.2, 0) is 17.5 Å². The summed E-state index contributed by atoms with van der Waals surface area (Å²) in [4.78, 5) is 25.0. The van der Waals surface area contributed by atoms with Crippen LogP contribution in [0.1, 0.15) is 56.6 Å². The first kappa shape index (κ1) is 27.8. The number of hydrogen-bond donors (Lipinski definition) is 1. The molecule has 1 aliphatic rings. The second kappa shape index (κ2) is 10.7. The van der Waals surface area contributed by atoms with Crippen LogP contribution in [0.25, 0.3) is 0 Å². The van der Waals surface area contributed by atoms with Gasteiger partial charge in [-0.1, -0.05) is 0 Å². The van der Waals surface area contributed by atoms with Gasteiger partial charge in [-0.2, -0.15) is 0 Å². The van der Waals surface area contributed by atoms with Crippen LogP contribution in [-0.4, -0.2) is 52.5 Å². The molecule has 0 aliphatic carbocycles. The SMILES string of the molecule is CC(C)(C)OC(=O)N1CCC[C@H](NCc2c[c]([Sn]([CH3])([CH3])[CH3])cc(C(F)(F)F)n2)[C@@H]1c1ccccc1. The number of piperidine rings is 1. The van der Waals surface area contributed by atoms with Crippen molar-refractivity contribution in [3.05, 3.63) is 59.4 Å². The number of nitrogens with one attached hydrogen (secondary N) is 1. The molecule has 0 radical (unpaired) electrons. The summed E-state index contributed by atoms with van der Waals surface area (Å²) in [5.74, 6) is 0. The minimum absolute atomic E-state index is 0.156. The molecule has 1 amide bonds. The molecule has 1 saturated heterocycles. The third-order valence-electron chi connectivity index (χ3n) is 5.98. The molecule has 1 aromatic carbocycles. The number of likely N-dealkylation sites (tertiary alicyclic amines) is 1. The average molecular weight is 598 g/mol. The molecule has 2 heterocycles. The van der Waals surface area contributed by atoms with Crippen LogP contribution in [0.4, 0.5) is 18.0 Å². The molecule has 1 aromatic heterocycles. The Hall–Kier alpha value is -1.81. The number of amides is 1. The number of rotatable bonds is 5. The Kier molecular flexibility index (Phi) is 8.46. The number of alkyl halides is 3. The van der Waals surface area contributed by atoms with Crippen LogP contribution in [0.5, 0.6) is 0 Å². The van der Waals surface area contributed by atoms with Crippen molar-refractivity contribution in [2.75, 3.05) is 6.54 Å². The van der Waals surface area contributed by atoms with E-state index < -0.39 is 35.8 Å². The maximum absolute atomic E-state index is 13.6. The second-order valence-corrected chi connectivity index (χ2v) is 25.6. The van der Waals surface area contributed by atoms with E-state index in [1.54, 1.807) is 4.90 Å². The van der Waals surface area contributed by atoms with Gasteiger partial charge in [-0.3, -0.25) is 0 Å². The first-order chi connectivity index (χ1) is 16.1. The number of nitrogens with zero attached hydrogens (tertiary/aromatic N) is 2. The zero-order valence-electron chi connectivity index (χ0n) is 21.4. The van der Waals surface area contributed by atoms with E-state index in [1.165, 1.54) is 6.07 Å². The molecule has 1 N–H and O–H groups in total. The van der Waals surface area contributed by atoms with Crippen molar-refractivity contribution in [2.24, 2.45) is 0 Å². The number of carbonyl (C=O) groups is 1. The van der Waals surface area contributed by atoms with Gasteiger partial charge in [0.05, 0.1) is 0 Å². The summed E-state index contributed by atoms with van der Waals surface area (Å²) in [5, 5.41) is 3.44. The van der Waals surface area contributed by atoms with E-state index in [2.05, 4.69) is 25.1 Å². The van der Waals surface area contributed by atoms with Crippen LogP contribution in [0.15, 0.2) is 42.5 Å².